The molecule has 1 aromatic heterocycles. The van der Waals surface area contributed by atoms with Crippen LogP contribution in [0.25, 0.3) is 0 Å². The SMILES string of the molecule is CC(NS(C)(=O)=O)c1ccc(C(=O)c2cccnc2Oc2ccc(Cl)cc2)cc1. The molecular formula is C21H19ClN2O4S. The van der Waals surface area contributed by atoms with Crippen LogP contribution in [0.1, 0.15) is 34.5 Å². The van der Waals surface area contributed by atoms with E-state index in [1.807, 2.05) is 0 Å². The molecule has 0 aliphatic rings. The van der Waals surface area contributed by atoms with E-state index in [4.69, 9.17) is 16.3 Å². The van der Waals surface area contributed by atoms with E-state index < -0.39 is 16.1 Å². The lowest BCUT2D eigenvalue weighted by Crippen LogP contribution is -2.25. The lowest BCUT2D eigenvalue weighted by Gasteiger charge is -2.13. The van der Waals surface area contributed by atoms with Crippen molar-refractivity contribution in [3.63, 3.8) is 0 Å². The molecule has 3 rings (SSSR count). The zero-order valence-corrected chi connectivity index (χ0v) is 17.4. The minimum Gasteiger partial charge on any atom is -0.438 e. The van der Waals surface area contributed by atoms with E-state index in [9.17, 15) is 13.2 Å². The van der Waals surface area contributed by atoms with Gasteiger partial charge in [0.25, 0.3) is 0 Å². The van der Waals surface area contributed by atoms with E-state index in [-0.39, 0.29) is 11.7 Å². The Bertz CT molecular complexity index is 1110. The summed E-state index contributed by atoms with van der Waals surface area (Å²) in [6.07, 6.45) is 2.65. The average Bonchev–Trinajstić information content (AvgIpc) is 2.68. The van der Waals surface area contributed by atoms with Crippen molar-refractivity contribution in [2.24, 2.45) is 0 Å². The largest absolute Gasteiger partial charge is 0.438 e. The molecule has 150 valence electrons. The summed E-state index contributed by atoms with van der Waals surface area (Å²) in [5.74, 6) is 0.450. The summed E-state index contributed by atoms with van der Waals surface area (Å²) in [7, 11) is -3.33. The van der Waals surface area contributed by atoms with Gasteiger partial charge in [-0.15, -0.1) is 0 Å². The highest BCUT2D eigenvalue weighted by molar-refractivity contribution is 7.88. The fourth-order valence-electron chi connectivity index (χ4n) is 2.73. The second-order valence-corrected chi connectivity index (χ2v) is 8.69. The Morgan fingerprint density at radius 1 is 1.07 bits per heavy atom. The molecule has 0 amide bonds. The monoisotopic (exact) mass is 430 g/mol. The van der Waals surface area contributed by atoms with Gasteiger partial charge in [-0.05, 0) is 48.9 Å². The number of nitrogens with one attached hydrogen (secondary N) is 1. The van der Waals surface area contributed by atoms with Crippen molar-refractivity contribution in [2.75, 3.05) is 6.26 Å². The molecule has 1 heterocycles. The summed E-state index contributed by atoms with van der Waals surface area (Å²) >= 11 is 5.88. The minimum absolute atomic E-state index is 0.191. The van der Waals surface area contributed by atoms with E-state index >= 15 is 0 Å². The Kier molecular flexibility index (Phi) is 6.32. The highest BCUT2D eigenvalue weighted by atomic mass is 35.5. The van der Waals surface area contributed by atoms with E-state index in [0.29, 0.717) is 21.9 Å². The number of hydrogen-bond acceptors (Lipinski definition) is 5. The van der Waals surface area contributed by atoms with Gasteiger partial charge in [0.05, 0.1) is 11.8 Å². The van der Waals surface area contributed by atoms with Gasteiger partial charge < -0.3 is 4.74 Å². The number of benzene rings is 2. The molecule has 29 heavy (non-hydrogen) atoms. The van der Waals surface area contributed by atoms with Gasteiger partial charge >= 0.3 is 0 Å². The van der Waals surface area contributed by atoms with Crippen LogP contribution in [0.2, 0.25) is 5.02 Å². The summed E-state index contributed by atoms with van der Waals surface area (Å²) in [5, 5.41) is 0.578. The van der Waals surface area contributed by atoms with Crippen molar-refractivity contribution in [2.45, 2.75) is 13.0 Å². The Morgan fingerprint density at radius 2 is 1.72 bits per heavy atom. The van der Waals surface area contributed by atoms with Crippen LogP contribution in [0.3, 0.4) is 0 Å². The number of pyridine rings is 1. The number of hydrogen-bond donors (Lipinski definition) is 1. The first kappa shape index (κ1) is 21.0. The standard InChI is InChI=1S/C21H19ClN2O4S/c1-14(24-29(2,26)27)15-5-7-16(8-6-15)20(25)19-4-3-13-23-21(19)28-18-11-9-17(22)10-12-18/h3-14,24H,1-2H3. The van der Waals surface area contributed by atoms with E-state index in [1.165, 1.54) is 0 Å². The number of aromatic nitrogens is 1. The molecule has 0 bridgehead atoms. The number of halogens is 1. The Morgan fingerprint density at radius 3 is 2.34 bits per heavy atom. The zero-order valence-electron chi connectivity index (χ0n) is 15.8. The Hall–Kier alpha value is -2.74. The molecule has 0 aliphatic carbocycles. The van der Waals surface area contributed by atoms with Crippen molar-refractivity contribution in [1.29, 1.82) is 0 Å². The predicted octanol–water partition coefficient (Wildman–Crippen LogP) is 4.37. The fraction of sp³-hybridized carbons (Fsp3) is 0.143. The molecule has 1 unspecified atom stereocenters. The number of ether oxygens (including phenoxy) is 1. The summed E-state index contributed by atoms with van der Waals surface area (Å²) in [5.41, 5.74) is 1.50. The molecule has 0 spiro atoms. The molecule has 0 fully saturated rings. The van der Waals surface area contributed by atoms with Gasteiger partial charge in [-0.3, -0.25) is 4.79 Å². The first-order valence-corrected chi connectivity index (χ1v) is 11.0. The van der Waals surface area contributed by atoms with Crippen molar-refractivity contribution >= 4 is 27.4 Å². The quantitative estimate of drug-likeness (QED) is 0.562. The second kappa shape index (κ2) is 8.73. The van der Waals surface area contributed by atoms with Crippen LogP contribution in [0, 0.1) is 0 Å². The van der Waals surface area contributed by atoms with Gasteiger partial charge in [0.2, 0.25) is 15.9 Å². The number of nitrogens with zero attached hydrogens (tertiary/aromatic N) is 1. The van der Waals surface area contributed by atoms with Gasteiger partial charge in [0, 0.05) is 22.8 Å². The maximum Gasteiger partial charge on any atom is 0.230 e. The van der Waals surface area contributed by atoms with Crippen molar-refractivity contribution < 1.29 is 17.9 Å². The summed E-state index contributed by atoms with van der Waals surface area (Å²) in [6, 6.07) is 16.4. The van der Waals surface area contributed by atoms with Gasteiger partial charge in [-0.2, -0.15) is 0 Å². The maximum absolute atomic E-state index is 13.0. The molecule has 0 saturated carbocycles. The third-order valence-electron chi connectivity index (χ3n) is 4.11. The van der Waals surface area contributed by atoms with Crippen LogP contribution in [-0.2, 0) is 10.0 Å². The molecule has 0 aliphatic heterocycles. The normalized spacial score (nSPS) is 12.4. The fourth-order valence-corrected chi connectivity index (χ4v) is 3.63. The third kappa shape index (κ3) is 5.63. The molecule has 0 saturated heterocycles. The second-order valence-electron chi connectivity index (χ2n) is 6.47. The first-order chi connectivity index (χ1) is 13.7. The van der Waals surface area contributed by atoms with E-state index in [1.54, 1.807) is 73.8 Å². The molecule has 8 heteroatoms. The van der Waals surface area contributed by atoms with Crippen molar-refractivity contribution in [3.05, 3.63) is 88.6 Å². The van der Waals surface area contributed by atoms with Crippen LogP contribution < -0.4 is 9.46 Å². The van der Waals surface area contributed by atoms with Crippen molar-refractivity contribution in [3.8, 4) is 11.6 Å². The molecule has 1 atom stereocenters. The highest BCUT2D eigenvalue weighted by Gasteiger charge is 2.17. The van der Waals surface area contributed by atoms with Crippen LogP contribution in [0.4, 0.5) is 0 Å². The molecule has 3 aromatic rings. The molecule has 1 N–H and O–H groups in total. The van der Waals surface area contributed by atoms with Gasteiger partial charge in [0.1, 0.15) is 5.75 Å². The Balaban J connectivity index is 1.82. The topological polar surface area (TPSA) is 85.4 Å². The minimum atomic E-state index is -3.33. The van der Waals surface area contributed by atoms with Gasteiger partial charge in [-0.25, -0.2) is 18.1 Å². The predicted molar refractivity (Wildman–Crippen MR) is 112 cm³/mol. The third-order valence-corrected chi connectivity index (χ3v) is 5.14. The number of rotatable bonds is 7. The van der Waals surface area contributed by atoms with Gasteiger partial charge in [-0.1, -0.05) is 35.9 Å². The zero-order chi connectivity index (χ0) is 21.0. The lowest BCUT2D eigenvalue weighted by atomic mass is 10.0. The van der Waals surface area contributed by atoms with Crippen LogP contribution in [-0.4, -0.2) is 25.4 Å². The molecule has 2 aromatic carbocycles. The number of carbonyl (C=O) groups is 1. The average molecular weight is 431 g/mol. The van der Waals surface area contributed by atoms with Crippen LogP contribution in [0.5, 0.6) is 11.6 Å². The first-order valence-electron chi connectivity index (χ1n) is 8.73. The smallest absolute Gasteiger partial charge is 0.230 e. The van der Waals surface area contributed by atoms with E-state index in [0.717, 1.165) is 11.8 Å². The van der Waals surface area contributed by atoms with Crippen LogP contribution >= 0.6 is 11.6 Å². The number of carbonyl (C=O) groups excluding carboxylic acids is 1. The number of ketones is 1. The lowest BCUT2D eigenvalue weighted by molar-refractivity contribution is 0.103. The Labute approximate surface area is 174 Å². The summed E-state index contributed by atoms with van der Waals surface area (Å²) in [4.78, 5) is 17.1. The summed E-state index contributed by atoms with van der Waals surface area (Å²) in [6.45, 7) is 1.73. The highest BCUT2D eigenvalue weighted by Crippen LogP contribution is 2.26. The maximum atomic E-state index is 13.0. The number of sulfonamides is 1. The molecular weight excluding hydrogens is 412 g/mol. The van der Waals surface area contributed by atoms with Gasteiger partial charge in [0.15, 0.2) is 5.78 Å². The van der Waals surface area contributed by atoms with Crippen molar-refractivity contribution in [1.82, 2.24) is 9.71 Å². The van der Waals surface area contributed by atoms with E-state index in [2.05, 4.69) is 9.71 Å². The van der Waals surface area contributed by atoms with Crippen LogP contribution in [0.15, 0.2) is 66.9 Å². The molecule has 0 radical (unpaired) electrons. The summed E-state index contributed by atoms with van der Waals surface area (Å²) < 4.78 is 31.0. The molecule has 6 nitrogen and oxygen atoms in total.